The van der Waals surface area contributed by atoms with Gasteiger partial charge in [-0.1, -0.05) is 30.3 Å². The minimum atomic E-state index is -0.118. The Kier molecular flexibility index (Phi) is 4.63. The van der Waals surface area contributed by atoms with Gasteiger partial charge in [0.2, 0.25) is 5.91 Å². The van der Waals surface area contributed by atoms with E-state index in [0.717, 1.165) is 28.1 Å². The van der Waals surface area contributed by atoms with Crippen molar-refractivity contribution in [3.05, 3.63) is 66.5 Å². The summed E-state index contributed by atoms with van der Waals surface area (Å²) in [6.45, 7) is 1.46. The van der Waals surface area contributed by atoms with Gasteiger partial charge < -0.3 is 10.4 Å². The van der Waals surface area contributed by atoms with Crippen LogP contribution in [0.15, 0.2) is 60.9 Å². The number of carbonyl (C=O) groups is 1. The number of nitrogens with one attached hydrogen (secondary N) is 1. The largest absolute Gasteiger partial charge is 0.392 e. The van der Waals surface area contributed by atoms with Crippen molar-refractivity contribution in [1.29, 1.82) is 0 Å². The number of benzene rings is 2. The zero-order valence-corrected chi connectivity index (χ0v) is 13.2. The summed E-state index contributed by atoms with van der Waals surface area (Å²) in [4.78, 5) is 20.1. The molecule has 0 saturated heterocycles. The molecule has 0 spiro atoms. The molecule has 1 amide bonds. The maximum absolute atomic E-state index is 11.2. The van der Waals surface area contributed by atoms with Crippen molar-refractivity contribution in [1.82, 2.24) is 9.97 Å². The molecule has 3 rings (SSSR count). The highest BCUT2D eigenvalue weighted by atomic mass is 16.3. The standard InChI is InChI=1S/C19H17N3O2/c1-13(24)21-17-7-3-6-16(9-17)19-11-20-10-18(22-19)15-5-2-4-14(8-15)12-23/h2-11,23H,12H2,1H3,(H,21,24). The van der Waals surface area contributed by atoms with E-state index < -0.39 is 0 Å². The zero-order valence-electron chi connectivity index (χ0n) is 13.2. The number of amides is 1. The van der Waals surface area contributed by atoms with Crippen LogP contribution in [0.1, 0.15) is 12.5 Å². The molecular weight excluding hydrogens is 302 g/mol. The summed E-state index contributed by atoms with van der Waals surface area (Å²) in [5.41, 5.74) is 4.76. The van der Waals surface area contributed by atoms with Crippen LogP contribution in [0.25, 0.3) is 22.5 Å². The van der Waals surface area contributed by atoms with Crippen molar-refractivity contribution in [2.45, 2.75) is 13.5 Å². The summed E-state index contributed by atoms with van der Waals surface area (Å²) in [6.07, 6.45) is 3.38. The van der Waals surface area contributed by atoms with E-state index in [1.54, 1.807) is 12.4 Å². The second-order valence-corrected chi connectivity index (χ2v) is 5.41. The smallest absolute Gasteiger partial charge is 0.221 e. The summed E-state index contributed by atoms with van der Waals surface area (Å²) in [6, 6.07) is 15.0. The van der Waals surface area contributed by atoms with Gasteiger partial charge in [-0.25, -0.2) is 4.98 Å². The first-order chi connectivity index (χ1) is 11.7. The number of hydrogen-bond acceptors (Lipinski definition) is 4. The van der Waals surface area contributed by atoms with Gasteiger partial charge in [0.1, 0.15) is 0 Å². The van der Waals surface area contributed by atoms with Crippen LogP contribution in [0, 0.1) is 0 Å². The molecule has 0 saturated carbocycles. The van der Waals surface area contributed by atoms with Gasteiger partial charge >= 0.3 is 0 Å². The molecule has 0 aliphatic carbocycles. The van der Waals surface area contributed by atoms with E-state index in [1.807, 2.05) is 48.5 Å². The summed E-state index contributed by atoms with van der Waals surface area (Å²) in [7, 11) is 0. The fraction of sp³-hybridized carbons (Fsp3) is 0.105. The molecule has 0 unspecified atom stereocenters. The first kappa shape index (κ1) is 15.8. The second-order valence-electron chi connectivity index (χ2n) is 5.41. The molecule has 1 heterocycles. The first-order valence-corrected chi connectivity index (χ1v) is 7.56. The van der Waals surface area contributed by atoms with E-state index in [1.165, 1.54) is 6.92 Å². The van der Waals surface area contributed by atoms with E-state index >= 15 is 0 Å². The van der Waals surface area contributed by atoms with Gasteiger partial charge in [0.05, 0.1) is 30.4 Å². The van der Waals surface area contributed by atoms with Gasteiger partial charge in [-0.15, -0.1) is 0 Å². The van der Waals surface area contributed by atoms with Crippen molar-refractivity contribution < 1.29 is 9.90 Å². The molecule has 120 valence electrons. The molecule has 0 atom stereocenters. The van der Waals surface area contributed by atoms with Crippen LogP contribution in [-0.4, -0.2) is 21.0 Å². The summed E-state index contributed by atoms with van der Waals surface area (Å²) in [5, 5.41) is 12.0. The molecule has 0 aliphatic rings. The highest BCUT2D eigenvalue weighted by Gasteiger charge is 2.06. The predicted octanol–water partition coefficient (Wildman–Crippen LogP) is 3.26. The molecule has 0 aliphatic heterocycles. The van der Waals surface area contributed by atoms with Crippen LogP contribution in [0.4, 0.5) is 5.69 Å². The Balaban J connectivity index is 1.97. The van der Waals surface area contributed by atoms with E-state index in [4.69, 9.17) is 0 Å². The number of aromatic nitrogens is 2. The molecule has 0 fully saturated rings. The van der Waals surface area contributed by atoms with Gasteiger partial charge in [-0.05, 0) is 23.8 Å². The number of aliphatic hydroxyl groups is 1. The van der Waals surface area contributed by atoms with Crippen LogP contribution in [-0.2, 0) is 11.4 Å². The highest BCUT2D eigenvalue weighted by Crippen LogP contribution is 2.24. The van der Waals surface area contributed by atoms with Crippen molar-refractivity contribution in [3.63, 3.8) is 0 Å². The van der Waals surface area contributed by atoms with Gasteiger partial charge in [0.25, 0.3) is 0 Å². The minimum Gasteiger partial charge on any atom is -0.392 e. The Morgan fingerprint density at radius 3 is 2.38 bits per heavy atom. The van der Waals surface area contributed by atoms with E-state index in [2.05, 4.69) is 15.3 Å². The minimum absolute atomic E-state index is 0.0142. The van der Waals surface area contributed by atoms with Gasteiger partial charge in [0, 0.05) is 23.7 Å². The van der Waals surface area contributed by atoms with Crippen LogP contribution in [0.3, 0.4) is 0 Å². The lowest BCUT2D eigenvalue weighted by atomic mass is 10.1. The number of hydrogen-bond donors (Lipinski definition) is 2. The van der Waals surface area contributed by atoms with Crippen molar-refractivity contribution in [2.24, 2.45) is 0 Å². The molecule has 2 aromatic carbocycles. The summed E-state index contributed by atoms with van der Waals surface area (Å²) < 4.78 is 0. The maximum atomic E-state index is 11.2. The van der Waals surface area contributed by atoms with E-state index in [0.29, 0.717) is 5.69 Å². The third-order valence-corrected chi connectivity index (χ3v) is 3.52. The Morgan fingerprint density at radius 2 is 1.71 bits per heavy atom. The van der Waals surface area contributed by atoms with Crippen LogP contribution in [0.2, 0.25) is 0 Å². The van der Waals surface area contributed by atoms with Crippen LogP contribution in [0.5, 0.6) is 0 Å². The third kappa shape index (κ3) is 3.64. The molecule has 0 bridgehead atoms. The van der Waals surface area contributed by atoms with Crippen molar-refractivity contribution >= 4 is 11.6 Å². The molecule has 24 heavy (non-hydrogen) atoms. The summed E-state index contributed by atoms with van der Waals surface area (Å²) in [5.74, 6) is -0.118. The monoisotopic (exact) mass is 319 g/mol. The topological polar surface area (TPSA) is 75.1 Å². The maximum Gasteiger partial charge on any atom is 0.221 e. The van der Waals surface area contributed by atoms with Crippen LogP contribution >= 0.6 is 0 Å². The van der Waals surface area contributed by atoms with E-state index in [9.17, 15) is 9.90 Å². The lowest BCUT2D eigenvalue weighted by molar-refractivity contribution is -0.114. The molecule has 1 aromatic heterocycles. The predicted molar refractivity (Wildman–Crippen MR) is 93.1 cm³/mol. The Hall–Kier alpha value is -3.05. The normalized spacial score (nSPS) is 10.4. The average molecular weight is 319 g/mol. The van der Waals surface area contributed by atoms with Gasteiger partial charge in [0.15, 0.2) is 0 Å². The van der Waals surface area contributed by atoms with Crippen LogP contribution < -0.4 is 5.32 Å². The Labute approximate surface area is 140 Å². The number of nitrogens with zero attached hydrogens (tertiary/aromatic N) is 2. The van der Waals surface area contributed by atoms with Gasteiger partial charge in [-0.3, -0.25) is 9.78 Å². The SMILES string of the molecule is CC(=O)Nc1cccc(-c2cncc(-c3cccc(CO)c3)n2)c1. The molecule has 5 nitrogen and oxygen atoms in total. The highest BCUT2D eigenvalue weighted by molar-refractivity contribution is 5.89. The number of aliphatic hydroxyl groups excluding tert-OH is 1. The molecular formula is C19H17N3O2. The lowest BCUT2D eigenvalue weighted by Crippen LogP contribution is -2.05. The summed E-state index contributed by atoms with van der Waals surface area (Å²) >= 11 is 0. The third-order valence-electron chi connectivity index (χ3n) is 3.52. The Bertz CT molecular complexity index is 878. The molecule has 2 N–H and O–H groups in total. The fourth-order valence-electron chi connectivity index (χ4n) is 2.43. The lowest BCUT2D eigenvalue weighted by Gasteiger charge is -2.07. The van der Waals surface area contributed by atoms with Crippen molar-refractivity contribution in [2.75, 3.05) is 5.32 Å². The number of rotatable bonds is 4. The molecule has 3 aromatic rings. The van der Waals surface area contributed by atoms with Gasteiger partial charge in [-0.2, -0.15) is 0 Å². The average Bonchev–Trinajstić information content (AvgIpc) is 2.61. The molecule has 0 radical (unpaired) electrons. The van der Waals surface area contributed by atoms with Crippen molar-refractivity contribution in [3.8, 4) is 22.5 Å². The Morgan fingerprint density at radius 1 is 1.04 bits per heavy atom. The molecule has 5 heteroatoms. The number of anilines is 1. The van der Waals surface area contributed by atoms with E-state index in [-0.39, 0.29) is 12.5 Å². The quantitative estimate of drug-likeness (QED) is 0.774. The second kappa shape index (κ2) is 7.02. The fourth-order valence-corrected chi connectivity index (χ4v) is 2.43. The number of carbonyl (C=O) groups excluding carboxylic acids is 1. The first-order valence-electron chi connectivity index (χ1n) is 7.56. The zero-order chi connectivity index (χ0) is 16.9.